The normalized spacial score (nSPS) is 17.6. The number of carbonyl (C=O) groups is 3. The summed E-state index contributed by atoms with van der Waals surface area (Å²) in [6.07, 6.45) is 3.60. The molecule has 31 heavy (non-hydrogen) atoms. The number of hydrazine groups is 1. The van der Waals surface area contributed by atoms with E-state index in [0.717, 1.165) is 18.4 Å². The lowest BCUT2D eigenvalue weighted by Gasteiger charge is -2.36. The van der Waals surface area contributed by atoms with Crippen LogP contribution in [0.1, 0.15) is 71.8 Å². The lowest BCUT2D eigenvalue weighted by molar-refractivity contribution is -0.167. The van der Waals surface area contributed by atoms with E-state index in [9.17, 15) is 14.4 Å². The average molecular weight is 433 g/mol. The van der Waals surface area contributed by atoms with Crippen molar-refractivity contribution in [1.82, 2.24) is 10.0 Å². The van der Waals surface area contributed by atoms with Crippen LogP contribution in [0, 0.1) is 0 Å². The molecule has 1 aromatic rings. The highest BCUT2D eigenvalue weighted by molar-refractivity contribution is 6.03. The molecule has 1 fully saturated rings. The van der Waals surface area contributed by atoms with Crippen LogP contribution in [0.5, 0.6) is 5.75 Å². The number of benzene rings is 1. The van der Waals surface area contributed by atoms with Crippen molar-refractivity contribution in [3.05, 3.63) is 29.8 Å². The molecule has 1 aliphatic heterocycles. The molecule has 1 heterocycles. The number of esters is 1. The molecule has 7 nitrogen and oxygen atoms in total. The van der Waals surface area contributed by atoms with Crippen molar-refractivity contribution in [3.8, 4) is 5.75 Å². The van der Waals surface area contributed by atoms with Gasteiger partial charge in [-0.05, 0) is 32.3 Å². The smallest absolute Gasteiger partial charge is 0.332 e. The molecule has 0 aromatic heterocycles. The van der Waals surface area contributed by atoms with Gasteiger partial charge < -0.3 is 9.47 Å². The lowest BCUT2D eigenvalue weighted by Crippen LogP contribution is -2.56. The summed E-state index contributed by atoms with van der Waals surface area (Å²) in [5.41, 5.74) is 0.844. The molecule has 1 amide bonds. The molecule has 1 saturated heterocycles. The van der Waals surface area contributed by atoms with Crippen LogP contribution in [0.4, 0.5) is 0 Å². The molecule has 0 radical (unpaired) electrons. The fourth-order valence-electron chi connectivity index (χ4n) is 3.95. The number of ether oxygens (including phenoxy) is 2. The Bertz CT molecular complexity index is 733. The van der Waals surface area contributed by atoms with E-state index < -0.39 is 12.0 Å². The van der Waals surface area contributed by atoms with Crippen LogP contribution in [0.15, 0.2) is 24.3 Å². The molecular formula is C24H36N2O5. The van der Waals surface area contributed by atoms with E-state index in [2.05, 4.69) is 0 Å². The minimum absolute atomic E-state index is 0.0951. The Balaban J connectivity index is 2.42. The van der Waals surface area contributed by atoms with Crippen LogP contribution in [-0.2, 0) is 25.7 Å². The molecule has 0 bridgehead atoms. The zero-order valence-electron chi connectivity index (χ0n) is 19.3. The number of carbonyl (C=O) groups excluding carboxylic acids is 3. The Morgan fingerprint density at radius 1 is 1.10 bits per heavy atom. The van der Waals surface area contributed by atoms with Crippen LogP contribution in [0.2, 0.25) is 0 Å². The van der Waals surface area contributed by atoms with Crippen molar-refractivity contribution in [2.24, 2.45) is 0 Å². The van der Waals surface area contributed by atoms with Gasteiger partial charge in [-0.2, -0.15) is 5.01 Å². The summed E-state index contributed by atoms with van der Waals surface area (Å²) in [5, 5.41) is 3.25. The Morgan fingerprint density at radius 3 is 2.48 bits per heavy atom. The van der Waals surface area contributed by atoms with Crippen LogP contribution in [0.25, 0.3) is 0 Å². The summed E-state index contributed by atoms with van der Waals surface area (Å²) in [6, 6.07) is 6.27. The van der Waals surface area contributed by atoms with E-state index in [1.54, 1.807) is 16.9 Å². The van der Waals surface area contributed by atoms with Gasteiger partial charge in [-0.15, -0.1) is 0 Å². The number of ketones is 1. The number of nitrogens with zero attached hydrogens (tertiary/aromatic N) is 2. The minimum Gasteiger partial charge on any atom is -0.493 e. The zero-order valence-corrected chi connectivity index (χ0v) is 19.3. The second-order valence-corrected chi connectivity index (χ2v) is 7.81. The SMILES string of the molecule is CCCOc1ccccc1CN1C(=O)CC(CCC)N1C(C(=O)CCC)C(=O)OCC. The van der Waals surface area contributed by atoms with Gasteiger partial charge in [0.2, 0.25) is 5.91 Å². The molecule has 2 rings (SSSR count). The first-order chi connectivity index (χ1) is 15.0. The van der Waals surface area contributed by atoms with Crippen molar-refractivity contribution in [1.29, 1.82) is 0 Å². The van der Waals surface area contributed by atoms with Crippen molar-refractivity contribution in [3.63, 3.8) is 0 Å². The number of rotatable bonds is 13. The van der Waals surface area contributed by atoms with E-state index in [1.165, 1.54) is 0 Å². The molecule has 7 heteroatoms. The van der Waals surface area contributed by atoms with Gasteiger partial charge >= 0.3 is 5.97 Å². The third-order valence-electron chi connectivity index (χ3n) is 5.30. The first-order valence-electron chi connectivity index (χ1n) is 11.5. The fraction of sp³-hybridized carbons (Fsp3) is 0.625. The molecule has 2 unspecified atom stereocenters. The highest BCUT2D eigenvalue weighted by Crippen LogP contribution is 2.31. The van der Waals surface area contributed by atoms with Crippen molar-refractivity contribution in [2.45, 2.75) is 84.8 Å². The van der Waals surface area contributed by atoms with Gasteiger partial charge in [0, 0.05) is 24.4 Å². The molecule has 0 aliphatic carbocycles. The third kappa shape index (κ3) is 6.29. The van der Waals surface area contributed by atoms with Crippen LogP contribution in [0.3, 0.4) is 0 Å². The molecular weight excluding hydrogens is 396 g/mol. The Labute approximate surface area is 185 Å². The molecule has 0 saturated carbocycles. The predicted octanol–water partition coefficient (Wildman–Crippen LogP) is 3.89. The second kappa shape index (κ2) is 12.4. The van der Waals surface area contributed by atoms with Crippen molar-refractivity contribution < 1.29 is 23.9 Å². The molecule has 172 valence electrons. The van der Waals surface area contributed by atoms with Gasteiger partial charge in [0.1, 0.15) is 5.75 Å². The van der Waals surface area contributed by atoms with Crippen molar-refractivity contribution in [2.75, 3.05) is 13.2 Å². The highest BCUT2D eigenvalue weighted by Gasteiger charge is 2.47. The van der Waals surface area contributed by atoms with E-state index in [0.29, 0.717) is 25.2 Å². The summed E-state index contributed by atoms with van der Waals surface area (Å²) >= 11 is 0. The maximum atomic E-state index is 13.0. The van der Waals surface area contributed by atoms with Gasteiger partial charge in [0.15, 0.2) is 11.8 Å². The van der Waals surface area contributed by atoms with E-state index >= 15 is 0 Å². The molecule has 0 spiro atoms. The molecule has 1 aromatic carbocycles. The Hall–Kier alpha value is -2.41. The number of para-hydroxylation sites is 1. The standard InChI is InChI=1S/C24H36N2O5/c1-5-11-19-16-22(28)25(17-18-13-9-10-14-21(18)31-15-7-3)26(19)23(20(27)12-6-2)24(29)30-8-4/h9-10,13-14,19,23H,5-8,11-12,15-17H2,1-4H3. The quantitative estimate of drug-likeness (QED) is 0.348. The Kier molecular flexibility index (Phi) is 9.98. The predicted molar refractivity (Wildman–Crippen MR) is 118 cm³/mol. The molecule has 0 N–H and O–H groups in total. The summed E-state index contributed by atoms with van der Waals surface area (Å²) in [6.45, 7) is 8.69. The maximum Gasteiger partial charge on any atom is 0.332 e. The summed E-state index contributed by atoms with van der Waals surface area (Å²) < 4.78 is 11.1. The lowest BCUT2D eigenvalue weighted by atomic mass is 10.0. The fourth-order valence-corrected chi connectivity index (χ4v) is 3.95. The number of hydrogen-bond donors (Lipinski definition) is 0. The largest absolute Gasteiger partial charge is 0.493 e. The number of hydrogen-bond acceptors (Lipinski definition) is 6. The van der Waals surface area contributed by atoms with Crippen LogP contribution >= 0.6 is 0 Å². The van der Waals surface area contributed by atoms with E-state index in [1.807, 2.05) is 45.0 Å². The van der Waals surface area contributed by atoms with Crippen LogP contribution in [-0.4, -0.2) is 53.0 Å². The number of Topliss-reactive ketones (excluding diaryl/α,β-unsaturated/α-hetero) is 1. The summed E-state index contributed by atoms with van der Waals surface area (Å²) in [4.78, 5) is 38.9. The highest BCUT2D eigenvalue weighted by atomic mass is 16.5. The number of amides is 1. The second-order valence-electron chi connectivity index (χ2n) is 7.81. The van der Waals surface area contributed by atoms with E-state index in [-0.39, 0.29) is 43.7 Å². The van der Waals surface area contributed by atoms with E-state index in [4.69, 9.17) is 9.47 Å². The maximum absolute atomic E-state index is 13.0. The first kappa shape index (κ1) is 24.9. The third-order valence-corrected chi connectivity index (χ3v) is 5.30. The summed E-state index contributed by atoms with van der Waals surface area (Å²) in [5.74, 6) is -0.180. The van der Waals surface area contributed by atoms with Gasteiger partial charge in [0.05, 0.1) is 19.8 Å². The van der Waals surface area contributed by atoms with Crippen molar-refractivity contribution >= 4 is 17.7 Å². The molecule has 1 aliphatic rings. The van der Waals surface area contributed by atoms with Gasteiger partial charge in [-0.3, -0.25) is 14.6 Å². The van der Waals surface area contributed by atoms with Gasteiger partial charge in [0.25, 0.3) is 0 Å². The average Bonchev–Trinajstić information content (AvgIpc) is 3.03. The van der Waals surface area contributed by atoms with Gasteiger partial charge in [-0.25, -0.2) is 4.79 Å². The van der Waals surface area contributed by atoms with Gasteiger partial charge in [-0.1, -0.05) is 45.4 Å². The monoisotopic (exact) mass is 432 g/mol. The Morgan fingerprint density at radius 2 is 1.84 bits per heavy atom. The van der Waals surface area contributed by atoms with Crippen LogP contribution < -0.4 is 4.74 Å². The minimum atomic E-state index is -1.10. The topological polar surface area (TPSA) is 76.2 Å². The first-order valence-corrected chi connectivity index (χ1v) is 11.5. The zero-order chi connectivity index (χ0) is 22.8. The summed E-state index contributed by atoms with van der Waals surface area (Å²) in [7, 11) is 0. The molecule has 2 atom stereocenters.